The fourth-order valence-corrected chi connectivity index (χ4v) is 8.01. The monoisotopic (exact) mass is 456 g/mol. The normalized spacial score (nSPS) is 11.2. The van der Waals surface area contributed by atoms with Crippen LogP contribution in [0.15, 0.2) is 48.5 Å². The van der Waals surface area contributed by atoms with E-state index in [1.165, 1.54) is 18.1 Å². The Hall–Kier alpha value is -2.70. The predicted molar refractivity (Wildman–Crippen MR) is 138 cm³/mol. The van der Waals surface area contributed by atoms with Crippen molar-refractivity contribution in [3.63, 3.8) is 0 Å². The van der Waals surface area contributed by atoms with Gasteiger partial charge in [-0.05, 0) is 42.4 Å². The lowest BCUT2D eigenvalue weighted by atomic mass is 10.1. The van der Waals surface area contributed by atoms with Crippen LogP contribution in [-0.4, -0.2) is 18.0 Å². The summed E-state index contributed by atoms with van der Waals surface area (Å²) in [5, 5.41) is 1.98. The summed E-state index contributed by atoms with van der Waals surface area (Å²) in [6, 6.07) is 20.1. The lowest BCUT2D eigenvalue weighted by Crippen LogP contribution is -2.29. The molecule has 0 aliphatic heterocycles. The van der Waals surface area contributed by atoms with Gasteiger partial charge in [-0.15, -0.1) is 12.0 Å². The molecular formula is C26H24N2S2Si. The van der Waals surface area contributed by atoms with Gasteiger partial charge in [0.05, 0.1) is 0 Å². The predicted octanol–water partition coefficient (Wildman–Crippen LogP) is 7.47. The van der Waals surface area contributed by atoms with E-state index in [4.69, 9.17) is 16.4 Å². The van der Waals surface area contributed by atoms with Crippen LogP contribution in [0.5, 0.6) is 0 Å². The highest BCUT2D eigenvalue weighted by molar-refractivity contribution is 7.29. The summed E-state index contributed by atoms with van der Waals surface area (Å²) in [6.45, 7) is 6.87. The Morgan fingerprint density at radius 3 is 1.61 bits per heavy atom. The van der Waals surface area contributed by atoms with Gasteiger partial charge in [-0.25, -0.2) is 9.97 Å². The molecule has 154 valence electrons. The molecule has 0 fully saturated rings. The van der Waals surface area contributed by atoms with Crippen molar-refractivity contribution in [3.8, 4) is 45.0 Å². The first kappa shape index (κ1) is 21.5. The van der Waals surface area contributed by atoms with Crippen LogP contribution < -0.4 is 0 Å². The van der Waals surface area contributed by atoms with E-state index in [9.17, 15) is 0 Å². The second-order valence-electron chi connectivity index (χ2n) is 7.54. The van der Waals surface area contributed by atoms with Gasteiger partial charge in [0.15, 0.2) is 9.66 Å². The molecule has 2 aromatic heterocycles. The van der Waals surface area contributed by atoms with Crippen molar-refractivity contribution in [1.82, 2.24) is 9.97 Å². The van der Waals surface area contributed by atoms with Crippen molar-refractivity contribution in [3.05, 3.63) is 59.7 Å². The summed E-state index contributed by atoms with van der Waals surface area (Å²) >= 11 is 3.25. The SMILES string of the molecule is C#Cc1ccc(-c2nc3sc(-c4ccc(C#C[Si](CC)(CC)CC)cc4)nc3s2)cc1. The lowest BCUT2D eigenvalue weighted by molar-refractivity contribution is 1.20. The zero-order valence-electron chi connectivity index (χ0n) is 18.0. The maximum atomic E-state index is 5.44. The molecule has 0 spiro atoms. The average Bonchev–Trinajstić information content (AvgIpc) is 3.40. The van der Waals surface area contributed by atoms with Crippen molar-refractivity contribution < 1.29 is 0 Å². The van der Waals surface area contributed by atoms with Gasteiger partial charge in [-0.3, -0.25) is 0 Å². The third kappa shape index (κ3) is 4.50. The summed E-state index contributed by atoms with van der Waals surface area (Å²) in [7, 11) is -1.42. The molecule has 4 aromatic rings. The standard InChI is InChI=1S/C26H24N2S2Si/c1-5-19-9-13-21(14-10-19)23-27-25-26(29-23)28-24(30-25)22-15-11-20(12-16-22)17-18-31(6-2,7-3)8-4/h1,9-16H,6-8H2,2-4H3. The lowest BCUT2D eigenvalue weighted by Gasteiger charge is -2.19. The summed E-state index contributed by atoms with van der Waals surface area (Å²) in [6.07, 6.45) is 5.44. The van der Waals surface area contributed by atoms with E-state index < -0.39 is 8.07 Å². The van der Waals surface area contributed by atoms with Crippen LogP contribution >= 0.6 is 22.7 Å². The Bertz CT molecular complexity index is 1250. The minimum atomic E-state index is -1.42. The Morgan fingerprint density at radius 2 is 1.19 bits per heavy atom. The van der Waals surface area contributed by atoms with E-state index in [1.807, 2.05) is 24.3 Å². The largest absolute Gasteiger partial charge is 0.223 e. The molecule has 0 aliphatic rings. The molecule has 2 aromatic carbocycles. The van der Waals surface area contributed by atoms with E-state index in [0.29, 0.717) is 0 Å². The molecule has 0 radical (unpaired) electrons. The van der Waals surface area contributed by atoms with E-state index in [2.05, 4.69) is 62.4 Å². The fraction of sp³-hybridized carbons (Fsp3) is 0.231. The van der Waals surface area contributed by atoms with Gasteiger partial charge in [0.1, 0.15) is 18.1 Å². The topological polar surface area (TPSA) is 25.8 Å². The fourth-order valence-electron chi connectivity index (χ4n) is 3.51. The van der Waals surface area contributed by atoms with Crippen LogP contribution in [0.4, 0.5) is 0 Å². The number of hydrogen-bond acceptors (Lipinski definition) is 4. The van der Waals surface area contributed by atoms with Crippen LogP contribution in [0.1, 0.15) is 31.9 Å². The van der Waals surface area contributed by atoms with Crippen LogP contribution in [-0.2, 0) is 0 Å². The van der Waals surface area contributed by atoms with Crippen molar-refractivity contribution in [2.45, 2.75) is 38.9 Å². The highest BCUT2D eigenvalue weighted by atomic mass is 32.1. The molecule has 4 rings (SSSR count). The molecular weight excluding hydrogens is 433 g/mol. The van der Waals surface area contributed by atoms with Crippen molar-refractivity contribution in [2.24, 2.45) is 0 Å². The van der Waals surface area contributed by atoms with Crippen molar-refractivity contribution in [1.29, 1.82) is 0 Å². The van der Waals surface area contributed by atoms with Crippen LogP contribution in [0.2, 0.25) is 18.1 Å². The molecule has 5 heteroatoms. The Balaban J connectivity index is 1.55. The summed E-state index contributed by atoms with van der Waals surface area (Å²) in [4.78, 5) is 11.6. The van der Waals surface area contributed by atoms with Gasteiger partial charge in [0.25, 0.3) is 0 Å². The number of hydrogen-bond donors (Lipinski definition) is 0. The number of terminal acetylenes is 1. The zero-order chi connectivity index (χ0) is 21.8. The maximum Gasteiger partial charge on any atom is 0.155 e. The first-order valence-electron chi connectivity index (χ1n) is 10.6. The van der Waals surface area contributed by atoms with E-state index in [0.717, 1.165) is 41.9 Å². The van der Waals surface area contributed by atoms with Gasteiger partial charge in [0, 0.05) is 22.3 Å². The van der Waals surface area contributed by atoms with E-state index >= 15 is 0 Å². The van der Waals surface area contributed by atoms with Gasteiger partial charge >= 0.3 is 0 Å². The molecule has 0 N–H and O–H groups in total. The van der Waals surface area contributed by atoms with Crippen LogP contribution in [0.25, 0.3) is 30.8 Å². The zero-order valence-corrected chi connectivity index (χ0v) is 20.7. The minimum absolute atomic E-state index is 0.878. The quantitative estimate of drug-likeness (QED) is 0.230. The molecule has 0 bridgehead atoms. The number of nitrogens with zero attached hydrogens (tertiary/aromatic N) is 2. The van der Waals surface area contributed by atoms with Crippen molar-refractivity contribution in [2.75, 3.05) is 0 Å². The highest BCUT2D eigenvalue weighted by Crippen LogP contribution is 2.36. The molecule has 0 saturated carbocycles. The van der Waals surface area contributed by atoms with Crippen LogP contribution in [0.3, 0.4) is 0 Å². The molecule has 31 heavy (non-hydrogen) atoms. The van der Waals surface area contributed by atoms with Gasteiger partial charge in [0.2, 0.25) is 0 Å². The Morgan fingerprint density at radius 1 is 0.742 bits per heavy atom. The second-order valence-corrected chi connectivity index (χ2v) is 14.4. The minimum Gasteiger partial charge on any atom is -0.223 e. The van der Waals surface area contributed by atoms with Gasteiger partial charge in [-0.2, -0.15) is 0 Å². The summed E-state index contributed by atoms with van der Waals surface area (Å²) < 4.78 is 0. The molecule has 0 amide bonds. The van der Waals surface area contributed by atoms with E-state index in [-0.39, 0.29) is 0 Å². The smallest absolute Gasteiger partial charge is 0.155 e. The van der Waals surface area contributed by atoms with Crippen molar-refractivity contribution >= 4 is 40.4 Å². The first-order chi connectivity index (χ1) is 15.1. The third-order valence-corrected chi connectivity index (χ3v) is 12.8. The van der Waals surface area contributed by atoms with Crippen LogP contribution in [0, 0.1) is 23.8 Å². The average molecular weight is 457 g/mol. The van der Waals surface area contributed by atoms with Gasteiger partial charge in [-0.1, -0.05) is 79.6 Å². The number of benzene rings is 2. The summed E-state index contributed by atoms with van der Waals surface area (Å²) in [5.74, 6) is 6.09. The highest BCUT2D eigenvalue weighted by Gasteiger charge is 2.24. The Kier molecular flexibility index (Phi) is 6.39. The second kappa shape index (κ2) is 9.20. The molecule has 2 nitrogen and oxygen atoms in total. The number of rotatable bonds is 5. The molecule has 0 atom stereocenters. The van der Waals surface area contributed by atoms with Gasteiger partial charge < -0.3 is 0 Å². The number of fused-ring (bicyclic) bond motifs is 1. The molecule has 0 unspecified atom stereocenters. The molecule has 0 saturated heterocycles. The van der Waals surface area contributed by atoms with E-state index in [1.54, 1.807) is 22.7 Å². The third-order valence-electron chi connectivity index (χ3n) is 5.91. The summed E-state index contributed by atoms with van der Waals surface area (Å²) in [5.41, 5.74) is 7.82. The number of thiazole rings is 2. The number of aromatic nitrogens is 2. The Labute approximate surface area is 193 Å². The maximum absolute atomic E-state index is 5.44. The molecule has 2 heterocycles. The first-order valence-corrected chi connectivity index (χ1v) is 14.8. The molecule has 0 aliphatic carbocycles.